The molecule has 1 unspecified atom stereocenters. The fourth-order valence-electron chi connectivity index (χ4n) is 3.60. The molecule has 1 aliphatic heterocycles. The van der Waals surface area contributed by atoms with Crippen molar-refractivity contribution in [2.75, 3.05) is 19.7 Å². The lowest BCUT2D eigenvalue weighted by atomic mass is 9.91. The topological polar surface area (TPSA) is 66.8 Å². The Morgan fingerprint density at radius 1 is 1.03 bits per heavy atom. The predicted molar refractivity (Wildman–Crippen MR) is 120 cm³/mol. The number of carbonyl (C=O) groups is 2. The van der Waals surface area contributed by atoms with Crippen LogP contribution < -0.4 is 0 Å². The number of nitrogens with zero attached hydrogens (tertiary/aromatic N) is 1. The lowest BCUT2D eigenvalue weighted by Crippen LogP contribution is -2.40. The van der Waals surface area contributed by atoms with Crippen LogP contribution >= 0.6 is 0 Å². The van der Waals surface area contributed by atoms with Gasteiger partial charge in [0.2, 0.25) is 5.91 Å². The van der Waals surface area contributed by atoms with E-state index in [1.165, 1.54) is 32.1 Å². The highest BCUT2D eigenvalue weighted by molar-refractivity contribution is 5.81. The Hall–Kier alpha value is -0.940. The fourth-order valence-corrected chi connectivity index (χ4v) is 3.60. The molecule has 172 valence electrons. The molecule has 5 heteroatoms. The third kappa shape index (κ3) is 13.1. The number of hydrogen-bond donors (Lipinski definition) is 1. The van der Waals surface area contributed by atoms with Crippen LogP contribution in [0.15, 0.2) is 0 Å². The van der Waals surface area contributed by atoms with Crippen molar-refractivity contribution in [2.45, 2.75) is 117 Å². The van der Waals surface area contributed by atoms with E-state index in [1.54, 1.807) is 6.92 Å². The van der Waals surface area contributed by atoms with Gasteiger partial charge in [0, 0.05) is 38.5 Å². The molecule has 1 amide bonds. The first-order chi connectivity index (χ1) is 14.0. The summed E-state index contributed by atoms with van der Waals surface area (Å²) in [5, 5.41) is 8.36. The number of aliphatic hydroxyl groups is 1. The van der Waals surface area contributed by atoms with Gasteiger partial charge in [-0.2, -0.15) is 0 Å². The maximum atomic E-state index is 12.2. The molecule has 2 fully saturated rings. The molecule has 0 aromatic heterocycles. The van der Waals surface area contributed by atoms with Gasteiger partial charge in [0.05, 0.1) is 12.2 Å². The number of carbonyl (C=O) groups excluding carboxylic acids is 2. The summed E-state index contributed by atoms with van der Waals surface area (Å²) in [5.41, 5.74) is 0. The average molecular weight is 414 g/mol. The Bertz CT molecular complexity index is 411. The number of ketones is 1. The molecule has 0 aromatic carbocycles. The molecule has 2 aliphatic rings. The molecule has 1 saturated heterocycles. The van der Waals surface area contributed by atoms with Crippen LogP contribution in [-0.2, 0) is 14.3 Å². The third-order valence-electron chi connectivity index (χ3n) is 5.68. The van der Waals surface area contributed by atoms with Crippen LogP contribution in [0.1, 0.15) is 105 Å². The number of aliphatic hydroxyl groups excluding tert-OH is 1. The highest BCUT2D eigenvalue weighted by Gasteiger charge is 2.26. The zero-order chi connectivity index (χ0) is 22.1. The SMILES string of the molecule is CC.CCC(=O)C1CCN(C(=O)CCCOC2CCCCC2)CC1.CCC(C)O. The standard InChI is InChI=1S/C18H31NO3.C4H10O.C2H6/c1-2-17(20)15-10-12-19(13-11-15)18(21)9-6-14-22-16-7-4-3-5-8-16;1-3-4(2)5;1-2/h15-16H,2-14H2,1H3;4-5H,3H2,1-2H3;1-2H3. The van der Waals surface area contributed by atoms with Gasteiger partial charge < -0.3 is 14.7 Å². The van der Waals surface area contributed by atoms with E-state index < -0.39 is 0 Å². The highest BCUT2D eigenvalue weighted by atomic mass is 16.5. The van der Waals surface area contributed by atoms with Gasteiger partial charge >= 0.3 is 0 Å². The first-order valence-electron chi connectivity index (χ1n) is 12.1. The van der Waals surface area contributed by atoms with Crippen molar-refractivity contribution in [3.63, 3.8) is 0 Å². The van der Waals surface area contributed by atoms with Gasteiger partial charge in [-0.3, -0.25) is 9.59 Å². The molecule has 1 saturated carbocycles. The predicted octanol–water partition coefficient (Wildman–Crippen LogP) is 5.14. The van der Waals surface area contributed by atoms with Crippen molar-refractivity contribution in [2.24, 2.45) is 5.92 Å². The highest BCUT2D eigenvalue weighted by Crippen LogP contribution is 2.21. The van der Waals surface area contributed by atoms with Crippen molar-refractivity contribution in [1.82, 2.24) is 4.90 Å². The maximum absolute atomic E-state index is 12.2. The Kier molecular flexibility index (Phi) is 17.3. The second-order valence-electron chi connectivity index (χ2n) is 7.97. The van der Waals surface area contributed by atoms with Crippen molar-refractivity contribution in [3.05, 3.63) is 0 Å². The van der Waals surface area contributed by atoms with Crippen LogP contribution in [0.5, 0.6) is 0 Å². The molecule has 1 N–H and O–H groups in total. The van der Waals surface area contributed by atoms with Gasteiger partial charge in [-0.25, -0.2) is 0 Å². The number of rotatable bonds is 8. The Balaban J connectivity index is 0.000000977. The van der Waals surface area contributed by atoms with Crippen molar-refractivity contribution in [1.29, 1.82) is 0 Å². The van der Waals surface area contributed by atoms with Gasteiger partial charge in [0.1, 0.15) is 5.78 Å². The van der Waals surface area contributed by atoms with E-state index in [4.69, 9.17) is 9.84 Å². The van der Waals surface area contributed by atoms with E-state index in [2.05, 4.69) is 0 Å². The summed E-state index contributed by atoms with van der Waals surface area (Å²) in [7, 11) is 0. The summed E-state index contributed by atoms with van der Waals surface area (Å²) in [6, 6.07) is 0. The number of likely N-dealkylation sites (tertiary alicyclic amines) is 1. The molecule has 1 aliphatic carbocycles. The van der Waals surface area contributed by atoms with Crippen LogP contribution in [0.3, 0.4) is 0 Å². The number of amides is 1. The molecule has 0 aromatic rings. The lowest BCUT2D eigenvalue weighted by molar-refractivity contribution is -0.135. The number of piperidine rings is 1. The van der Waals surface area contributed by atoms with Gasteiger partial charge in [-0.1, -0.05) is 47.0 Å². The largest absolute Gasteiger partial charge is 0.393 e. The van der Waals surface area contributed by atoms with Crippen molar-refractivity contribution in [3.8, 4) is 0 Å². The molecule has 1 heterocycles. The number of ether oxygens (including phenoxy) is 1. The molecule has 0 bridgehead atoms. The van der Waals surface area contributed by atoms with E-state index in [0.717, 1.165) is 38.8 Å². The molecular weight excluding hydrogens is 366 g/mol. The number of hydrogen-bond acceptors (Lipinski definition) is 4. The van der Waals surface area contributed by atoms with Gasteiger partial charge in [-0.05, 0) is 45.4 Å². The van der Waals surface area contributed by atoms with E-state index >= 15 is 0 Å². The van der Waals surface area contributed by atoms with Gasteiger partial charge in [0.15, 0.2) is 0 Å². The summed E-state index contributed by atoms with van der Waals surface area (Å²) in [6.07, 6.45) is 11.2. The van der Waals surface area contributed by atoms with E-state index in [9.17, 15) is 9.59 Å². The van der Waals surface area contributed by atoms with Crippen LogP contribution in [0.2, 0.25) is 0 Å². The normalized spacial score (nSPS) is 18.8. The second kappa shape index (κ2) is 17.9. The summed E-state index contributed by atoms with van der Waals surface area (Å²) < 4.78 is 5.87. The minimum absolute atomic E-state index is 0.116. The molecule has 1 atom stereocenters. The van der Waals surface area contributed by atoms with E-state index in [0.29, 0.717) is 31.3 Å². The summed E-state index contributed by atoms with van der Waals surface area (Å²) in [4.78, 5) is 25.8. The first kappa shape index (κ1) is 28.1. The van der Waals surface area contributed by atoms with Crippen molar-refractivity contribution >= 4 is 11.7 Å². The Labute approximate surface area is 179 Å². The zero-order valence-electron chi connectivity index (χ0n) is 19.8. The lowest BCUT2D eigenvalue weighted by Gasteiger charge is -2.31. The minimum Gasteiger partial charge on any atom is -0.393 e. The third-order valence-corrected chi connectivity index (χ3v) is 5.68. The summed E-state index contributed by atoms with van der Waals surface area (Å²) in [5.74, 6) is 0.770. The average Bonchev–Trinajstić information content (AvgIpc) is 2.78. The first-order valence-corrected chi connectivity index (χ1v) is 12.1. The van der Waals surface area contributed by atoms with Crippen LogP contribution in [0, 0.1) is 5.92 Å². The van der Waals surface area contributed by atoms with E-state index in [1.807, 2.05) is 32.6 Å². The minimum atomic E-state index is -0.116. The summed E-state index contributed by atoms with van der Waals surface area (Å²) in [6.45, 7) is 11.9. The zero-order valence-corrected chi connectivity index (χ0v) is 19.8. The van der Waals surface area contributed by atoms with Crippen LogP contribution in [0.25, 0.3) is 0 Å². The Morgan fingerprint density at radius 2 is 1.59 bits per heavy atom. The quantitative estimate of drug-likeness (QED) is 0.560. The van der Waals surface area contributed by atoms with Crippen LogP contribution in [0.4, 0.5) is 0 Å². The van der Waals surface area contributed by atoms with E-state index in [-0.39, 0.29) is 17.9 Å². The summed E-state index contributed by atoms with van der Waals surface area (Å²) >= 11 is 0. The molecule has 5 nitrogen and oxygen atoms in total. The molecule has 2 rings (SSSR count). The fraction of sp³-hybridized carbons (Fsp3) is 0.917. The van der Waals surface area contributed by atoms with Crippen LogP contribution in [-0.4, -0.2) is 53.6 Å². The number of Topliss-reactive ketones (excluding diaryl/α,β-unsaturated/α-hetero) is 1. The molecule has 0 spiro atoms. The Morgan fingerprint density at radius 3 is 2.07 bits per heavy atom. The van der Waals surface area contributed by atoms with Crippen molar-refractivity contribution < 1.29 is 19.4 Å². The molecule has 29 heavy (non-hydrogen) atoms. The molecular formula is C24H47NO4. The smallest absolute Gasteiger partial charge is 0.222 e. The maximum Gasteiger partial charge on any atom is 0.222 e. The van der Waals surface area contributed by atoms with Gasteiger partial charge in [0.25, 0.3) is 0 Å². The monoisotopic (exact) mass is 413 g/mol. The molecule has 0 radical (unpaired) electrons. The van der Waals surface area contributed by atoms with Gasteiger partial charge in [-0.15, -0.1) is 0 Å². The second-order valence-corrected chi connectivity index (χ2v) is 7.97.